The molecule has 6 heteroatoms. The van der Waals surface area contributed by atoms with Crippen molar-refractivity contribution >= 4 is 29.9 Å². The zero-order chi connectivity index (χ0) is 17.6. The van der Waals surface area contributed by atoms with Crippen LogP contribution in [0.15, 0.2) is 23.2 Å². The molecule has 0 aromatic heterocycles. The first-order valence-electron chi connectivity index (χ1n) is 8.94. The van der Waals surface area contributed by atoms with Crippen LogP contribution in [0.1, 0.15) is 44.2 Å². The summed E-state index contributed by atoms with van der Waals surface area (Å²) < 4.78 is 10.8. The van der Waals surface area contributed by atoms with E-state index in [-0.39, 0.29) is 24.0 Å². The molecule has 0 amide bonds. The first-order chi connectivity index (χ1) is 11.7. The molecule has 0 heterocycles. The van der Waals surface area contributed by atoms with E-state index < -0.39 is 0 Å². The van der Waals surface area contributed by atoms with Gasteiger partial charge in [-0.2, -0.15) is 0 Å². The predicted molar refractivity (Wildman–Crippen MR) is 116 cm³/mol. The fourth-order valence-corrected chi connectivity index (χ4v) is 2.34. The van der Waals surface area contributed by atoms with Crippen molar-refractivity contribution in [3.05, 3.63) is 29.3 Å². The highest BCUT2D eigenvalue weighted by molar-refractivity contribution is 14.0. The van der Waals surface area contributed by atoms with Gasteiger partial charge in [-0.1, -0.05) is 12.1 Å². The van der Waals surface area contributed by atoms with E-state index in [9.17, 15) is 0 Å². The van der Waals surface area contributed by atoms with Crippen molar-refractivity contribution in [2.24, 2.45) is 4.99 Å². The van der Waals surface area contributed by atoms with Crippen LogP contribution in [0.3, 0.4) is 0 Å². The number of hydrogen-bond donors (Lipinski definition) is 2. The Hall–Kier alpha value is -1.02. The minimum absolute atomic E-state index is 0. The summed E-state index contributed by atoms with van der Waals surface area (Å²) in [5.74, 6) is 1.78. The maximum absolute atomic E-state index is 5.72. The molecule has 0 aliphatic rings. The molecule has 25 heavy (non-hydrogen) atoms. The highest BCUT2D eigenvalue weighted by Crippen LogP contribution is 2.21. The molecule has 0 radical (unpaired) electrons. The number of methoxy groups -OCH3 is 1. The smallest absolute Gasteiger partial charge is 0.191 e. The number of hydrogen-bond acceptors (Lipinski definition) is 3. The van der Waals surface area contributed by atoms with Gasteiger partial charge < -0.3 is 20.1 Å². The predicted octanol–water partition coefficient (Wildman–Crippen LogP) is 3.88. The van der Waals surface area contributed by atoms with Gasteiger partial charge in [-0.05, 0) is 51.7 Å². The molecular weight excluding hydrogens is 429 g/mol. The van der Waals surface area contributed by atoms with E-state index in [0.29, 0.717) is 13.2 Å². The third kappa shape index (κ3) is 10.5. The van der Waals surface area contributed by atoms with Crippen molar-refractivity contribution in [1.82, 2.24) is 10.6 Å². The molecule has 0 saturated heterocycles. The lowest BCUT2D eigenvalue weighted by Gasteiger charge is -2.13. The zero-order valence-corrected chi connectivity index (χ0v) is 18.4. The molecule has 0 bridgehead atoms. The van der Waals surface area contributed by atoms with Gasteiger partial charge in [-0.15, -0.1) is 24.0 Å². The number of aliphatic imine (C=N–C) groups is 1. The van der Waals surface area contributed by atoms with Gasteiger partial charge in [-0.25, -0.2) is 4.99 Å². The number of ether oxygens (including phenoxy) is 2. The summed E-state index contributed by atoms with van der Waals surface area (Å²) in [6, 6.07) is 6.27. The number of guanidine groups is 1. The fourth-order valence-electron chi connectivity index (χ4n) is 2.34. The van der Waals surface area contributed by atoms with E-state index in [1.807, 2.05) is 6.92 Å². The summed E-state index contributed by atoms with van der Waals surface area (Å²) in [5.41, 5.74) is 2.31. The van der Waals surface area contributed by atoms with Crippen molar-refractivity contribution < 1.29 is 9.47 Å². The number of rotatable bonds is 11. The number of nitrogens with zero attached hydrogens (tertiary/aromatic N) is 1. The Bertz CT molecular complexity index is 496. The van der Waals surface area contributed by atoms with Crippen LogP contribution in [0.4, 0.5) is 0 Å². The zero-order valence-electron chi connectivity index (χ0n) is 16.1. The average molecular weight is 463 g/mol. The van der Waals surface area contributed by atoms with Crippen LogP contribution < -0.4 is 15.4 Å². The number of halogens is 1. The lowest BCUT2D eigenvalue weighted by molar-refractivity contribution is 0.192. The Morgan fingerprint density at radius 2 is 1.92 bits per heavy atom. The Morgan fingerprint density at radius 1 is 1.12 bits per heavy atom. The van der Waals surface area contributed by atoms with Gasteiger partial charge in [0, 0.05) is 32.4 Å². The normalized spacial score (nSPS) is 11.0. The summed E-state index contributed by atoms with van der Waals surface area (Å²) in [5, 5.41) is 6.68. The summed E-state index contributed by atoms with van der Waals surface area (Å²) in [7, 11) is 1.75. The van der Waals surface area contributed by atoms with E-state index in [2.05, 4.69) is 47.7 Å². The Kier molecular flexibility index (Phi) is 14.6. The summed E-state index contributed by atoms with van der Waals surface area (Å²) in [6.07, 6.45) is 3.38. The highest BCUT2D eigenvalue weighted by Gasteiger charge is 2.04. The third-order valence-corrected chi connectivity index (χ3v) is 3.59. The van der Waals surface area contributed by atoms with Crippen molar-refractivity contribution in [2.45, 2.75) is 46.6 Å². The van der Waals surface area contributed by atoms with Crippen molar-refractivity contribution in [3.8, 4) is 5.75 Å². The molecular formula is C19H34IN3O2. The average Bonchev–Trinajstić information content (AvgIpc) is 2.57. The number of aryl methyl sites for hydroxylation is 1. The molecule has 5 nitrogen and oxygen atoms in total. The van der Waals surface area contributed by atoms with Crippen LogP contribution in [0.5, 0.6) is 5.75 Å². The maximum atomic E-state index is 5.72. The van der Waals surface area contributed by atoms with Crippen LogP contribution >= 0.6 is 24.0 Å². The molecule has 0 aliphatic heterocycles. The monoisotopic (exact) mass is 463 g/mol. The molecule has 1 aromatic carbocycles. The van der Waals surface area contributed by atoms with Crippen LogP contribution in [0.2, 0.25) is 0 Å². The van der Waals surface area contributed by atoms with Crippen LogP contribution in [0, 0.1) is 6.92 Å². The second-order valence-corrected chi connectivity index (χ2v) is 5.72. The number of nitrogens with one attached hydrogen (secondary N) is 2. The largest absolute Gasteiger partial charge is 0.494 e. The van der Waals surface area contributed by atoms with Gasteiger partial charge in [0.1, 0.15) is 5.75 Å². The van der Waals surface area contributed by atoms with Crippen molar-refractivity contribution in [1.29, 1.82) is 0 Å². The molecule has 0 spiro atoms. The fraction of sp³-hybridized carbons (Fsp3) is 0.632. The molecule has 0 aliphatic carbocycles. The lowest BCUT2D eigenvalue weighted by Crippen LogP contribution is -2.37. The van der Waals surface area contributed by atoms with Gasteiger partial charge >= 0.3 is 0 Å². The second-order valence-electron chi connectivity index (χ2n) is 5.72. The van der Waals surface area contributed by atoms with Gasteiger partial charge in [0.25, 0.3) is 0 Å². The topological polar surface area (TPSA) is 54.9 Å². The summed E-state index contributed by atoms with van der Waals surface area (Å²) in [4.78, 5) is 4.68. The van der Waals surface area contributed by atoms with Crippen LogP contribution in [0.25, 0.3) is 0 Å². The van der Waals surface area contributed by atoms with E-state index in [1.165, 1.54) is 5.56 Å². The Morgan fingerprint density at radius 3 is 2.60 bits per heavy atom. The molecule has 0 saturated carbocycles. The molecule has 0 unspecified atom stereocenters. The molecule has 2 N–H and O–H groups in total. The van der Waals surface area contributed by atoms with Crippen molar-refractivity contribution in [3.63, 3.8) is 0 Å². The lowest BCUT2D eigenvalue weighted by atomic mass is 10.1. The van der Waals surface area contributed by atoms with E-state index >= 15 is 0 Å². The number of unbranched alkanes of at least 4 members (excludes halogenated alkanes) is 2. The van der Waals surface area contributed by atoms with Crippen molar-refractivity contribution in [2.75, 3.05) is 33.4 Å². The van der Waals surface area contributed by atoms with Gasteiger partial charge in [0.05, 0.1) is 13.2 Å². The van der Waals surface area contributed by atoms with Gasteiger partial charge in [0.2, 0.25) is 0 Å². The quantitative estimate of drug-likeness (QED) is 0.226. The second kappa shape index (κ2) is 15.3. The summed E-state index contributed by atoms with van der Waals surface area (Å²) >= 11 is 0. The first kappa shape index (κ1) is 24.0. The summed E-state index contributed by atoms with van der Waals surface area (Å²) in [6.45, 7) is 10.0. The SMILES string of the molecule is CCNC(=NCc1ccc(C)cc1OCC)NCCCCCOC.I. The van der Waals surface area contributed by atoms with Gasteiger partial charge in [0.15, 0.2) is 5.96 Å². The Labute approximate surface area is 170 Å². The molecule has 0 atom stereocenters. The molecule has 1 rings (SSSR count). The van der Waals surface area contributed by atoms with E-state index in [4.69, 9.17) is 9.47 Å². The maximum Gasteiger partial charge on any atom is 0.191 e. The minimum atomic E-state index is 0. The number of benzene rings is 1. The van der Waals surface area contributed by atoms with Crippen LogP contribution in [-0.4, -0.2) is 39.4 Å². The molecule has 0 fully saturated rings. The highest BCUT2D eigenvalue weighted by atomic mass is 127. The minimum Gasteiger partial charge on any atom is -0.494 e. The standard InChI is InChI=1S/C19H33N3O2.HI/c1-5-20-19(21-12-8-7-9-13-23-4)22-15-17-11-10-16(3)14-18(17)24-6-2;/h10-11,14H,5-9,12-13,15H2,1-4H3,(H2,20,21,22);1H. The van der Waals surface area contributed by atoms with E-state index in [1.54, 1.807) is 7.11 Å². The molecule has 144 valence electrons. The van der Waals surface area contributed by atoms with Gasteiger partial charge in [-0.3, -0.25) is 0 Å². The molecule has 1 aromatic rings. The van der Waals surface area contributed by atoms with Crippen LogP contribution in [-0.2, 0) is 11.3 Å². The third-order valence-electron chi connectivity index (χ3n) is 3.59. The first-order valence-corrected chi connectivity index (χ1v) is 8.94. The Balaban J connectivity index is 0.00000576. The van der Waals surface area contributed by atoms with E-state index in [0.717, 1.165) is 56.2 Å².